The summed E-state index contributed by atoms with van der Waals surface area (Å²) in [6.07, 6.45) is 0. The highest BCUT2D eigenvalue weighted by atomic mass is 19.1. The molecule has 2 atom stereocenters. The maximum absolute atomic E-state index is 14.0. The molecule has 2 aromatic carbocycles. The molecule has 1 fully saturated rings. The minimum atomic E-state index is -0.372. The number of likely N-dealkylation sites (tertiary alicyclic amines) is 1. The predicted molar refractivity (Wildman–Crippen MR) is 121 cm³/mol. The fourth-order valence-corrected chi connectivity index (χ4v) is 4.47. The largest absolute Gasteiger partial charge is 0.383 e. The van der Waals surface area contributed by atoms with Crippen molar-refractivity contribution < 1.29 is 23.6 Å². The van der Waals surface area contributed by atoms with Crippen molar-refractivity contribution in [3.63, 3.8) is 0 Å². The van der Waals surface area contributed by atoms with Crippen molar-refractivity contribution in [3.8, 4) is 0 Å². The van der Waals surface area contributed by atoms with Gasteiger partial charge in [0.15, 0.2) is 0 Å². The fourth-order valence-electron chi connectivity index (χ4n) is 4.47. The number of nitrogens with zero attached hydrogens (tertiary/aromatic N) is 3. The molecule has 9 heteroatoms. The van der Waals surface area contributed by atoms with Crippen molar-refractivity contribution >= 4 is 11.6 Å². The van der Waals surface area contributed by atoms with Gasteiger partial charge < -0.3 is 14.4 Å². The first-order chi connectivity index (χ1) is 15.9. The lowest BCUT2D eigenvalue weighted by atomic mass is 9.88. The quantitative estimate of drug-likeness (QED) is 0.379. The van der Waals surface area contributed by atoms with Gasteiger partial charge in [-0.25, -0.2) is 4.39 Å². The lowest BCUT2D eigenvalue weighted by Crippen LogP contribution is -2.41. The minimum Gasteiger partial charge on any atom is -0.383 e. The Hall–Kier alpha value is -2.88. The first-order valence-corrected chi connectivity index (χ1v) is 10.9. The molecule has 0 saturated carbocycles. The van der Waals surface area contributed by atoms with Crippen molar-refractivity contribution in [2.75, 3.05) is 53.6 Å². The summed E-state index contributed by atoms with van der Waals surface area (Å²) in [5.74, 6) is -0.448. The second-order valence-electron chi connectivity index (χ2n) is 8.27. The van der Waals surface area contributed by atoms with Gasteiger partial charge in [0.2, 0.25) is 5.91 Å². The van der Waals surface area contributed by atoms with Gasteiger partial charge in [-0.3, -0.25) is 19.8 Å². The Morgan fingerprint density at radius 3 is 2.67 bits per heavy atom. The standard InChI is InChI=1S/C24H30FN3O5/c1-32-11-10-27(24(29)17-33-2)15-20-14-26(13-19-6-3-4-9-23(19)28(30)31)16-22(20)18-7-5-8-21(25)12-18/h3-9,12,20,22H,10-11,13-17H2,1-2H3/t20-,22-/m1/s1. The van der Waals surface area contributed by atoms with Crippen LogP contribution in [0.4, 0.5) is 10.1 Å². The van der Waals surface area contributed by atoms with Crippen LogP contribution in [0.2, 0.25) is 0 Å². The summed E-state index contributed by atoms with van der Waals surface area (Å²) in [5, 5.41) is 11.4. The van der Waals surface area contributed by atoms with Crippen molar-refractivity contribution in [3.05, 3.63) is 75.6 Å². The number of carbonyl (C=O) groups excluding carboxylic acids is 1. The normalized spacial score (nSPS) is 18.4. The number of nitro benzene ring substituents is 1. The van der Waals surface area contributed by atoms with Crippen LogP contribution in [0.15, 0.2) is 48.5 Å². The van der Waals surface area contributed by atoms with E-state index in [1.54, 1.807) is 36.3 Å². The van der Waals surface area contributed by atoms with E-state index in [4.69, 9.17) is 9.47 Å². The van der Waals surface area contributed by atoms with E-state index in [1.165, 1.54) is 25.3 Å². The number of carbonyl (C=O) groups is 1. The van der Waals surface area contributed by atoms with E-state index < -0.39 is 0 Å². The van der Waals surface area contributed by atoms with Gasteiger partial charge >= 0.3 is 0 Å². The predicted octanol–water partition coefficient (Wildman–Crippen LogP) is 3.07. The molecule has 0 radical (unpaired) electrons. The molecular weight excluding hydrogens is 429 g/mol. The number of halogens is 1. The molecule has 0 spiro atoms. The molecule has 2 aromatic rings. The Balaban J connectivity index is 1.84. The molecule has 0 aromatic heterocycles. The van der Waals surface area contributed by atoms with Gasteiger partial charge in [0.1, 0.15) is 12.4 Å². The summed E-state index contributed by atoms with van der Waals surface area (Å²) < 4.78 is 24.2. The SMILES string of the molecule is COCCN(C[C@H]1CN(Cc2ccccc2[N+](=O)[O-])C[C@@H]1c1cccc(F)c1)C(=O)COC. The van der Waals surface area contributed by atoms with Crippen LogP contribution < -0.4 is 0 Å². The number of hydrogen-bond acceptors (Lipinski definition) is 6. The average molecular weight is 460 g/mol. The number of para-hydroxylation sites is 1. The fraction of sp³-hybridized carbons (Fsp3) is 0.458. The minimum absolute atomic E-state index is 0.0206. The van der Waals surface area contributed by atoms with Crippen LogP contribution in [0.25, 0.3) is 0 Å². The Morgan fingerprint density at radius 2 is 1.97 bits per heavy atom. The summed E-state index contributed by atoms with van der Waals surface area (Å²) in [5.41, 5.74) is 1.57. The van der Waals surface area contributed by atoms with Gasteiger partial charge in [-0.05, 0) is 23.6 Å². The first-order valence-electron chi connectivity index (χ1n) is 10.9. The van der Waals surface area contributed by atoms with Crippen LogP contribution in [-0.4, -0.2) is 74.2 Å². The van der Waals surface area contributed by atoms with Gasteiger partial charge in [0.05, 0.1) is 11.5 Å². The highest BCUT2D eigenvalue weighted by Crippen LogP contribution is 2.35. The van der Waals surface area contributed by atoms with Gasteiger partial charge in [0.25, 0.3) is 5.69 Å². The summed E-state index contributed by atoms with van der Waals surface area (Å²) in [6.45, 7) is 2.89. The van der Waals surface area contributed by atoms with Crippen LogP contribution >= 0.6 is 0 Å². The Labute approximate surface area is 193 Å². The maximum Gasteiger partial charge on any atom is 0.273 e. The van der Waals surface area contributed by atoms with Gasteiger partial charge in [-0.1, -0.05) is 30.3 Å². The molecule has 8 nitrogen and oxygen atoms in total. The third-order valence-electron chi connectivity index (χ3n) is 6.02. The molecule has 0 unspecified atom stereocenters. The van der Waals surface area contributed by atoms with E-state index in [1.807, 2.05) is 6.07 Å². The highest BCUT2D eigenvalue weighted by Gasteiger charge is 2.36. The molecule has 33 heavy (non-hydrogen) atoms. The number of ether oxygens (including phenoxy) is 2. The Bertz CT molecular complexity index is 957. The highest BCUT2D eigenvalue weighted by molar-refractivity contribution is 5.77. The summed E-state index contributed by atoms with van der Waals surface area (Å²) in [7, 11) is 3.06. The number of amides is 1. The molecule has 3 rings (SSSR count). The van der Waals surface area contributed by atoms with E-state index in [0.717, 1.165) is 5.56 Å². The number of rotatable bonds is 11. The average Bonchev–Trinajstić information content (AvgIpc) is 3.19. The van der Waals surface area contributed by atoms with E-state index in [2.05, 4.69) is 4.90 Å². The van der Waals surface area contributed by atoms with E-state index in [9.17, 15) is 19.3 Å². The van der Waals surface area contributed by atoms with Crippen LogP contribution in [-0.2, 0) is 20.8 Å². The molecule has 1 saturated heterocycles. The van der Waals surface area contributed by atoms with Crippen molar-refractivity contribution in [2.24, 2.45) is 5.92 Å². The molecule has 1 heterocycles. The number of benzene rings is 2. The van der Waals surface area contributed by atoms with E-state index >= 15 is 0 Å². The van der Waals surface area contributed by atoms with Crippen molar-refractivity contribution in [2.45, 2.75) is 12.5 Å². The van der Waals surface area contributed by atoms with E-state index in [-0.39, 0.29) is 40.8 Å². The zero-order chi connectivity index (χ0) is 23.8. The second kappa shape index (κ2) is 11.8. The summed E-state index contributed by atoms with van der Waals surface area (Å²) >= 11 is 0. The Morgan fingerprint density at radius 1 is 1.18 bits per heavy atom. The van der Waals surface area contributed by atoms with Crippen LogP contribution in [0, 0.1) is 21.8 Å². The number of hydrogen-bond donors (Lipinski definition) is 0. The molecule has 1 aliphatic heterocycles. The Kier molecular flexibility index (Phi) is 8.87. The molecule has 0 aliphatic carbocycles. The third kappa shape index (κ3) is 6.56. The third-order valence-corrected chi connectivity index (χ3v) is 6.02. The van der Waals surface area contributed by atoms with Gasteiger partial charge in [-0.15, -0.1) is 0 Å². The monoisotopic (exact) mass is 459 g/mol. The van der Waals surface area contributed by atoms with Crippen LogP contribution in [0.1, 0.15) is 17.0 Å². The molecule has 1 amide bonds. The zero-order valence-corrected chi connectivity index (χ0v) is 19.0. The van der Waals surface area contributed by atoms with Gasteiger partial charge in [0, 0.05) is 64.5 Å². The summed E-state index contributed by atoms with van der Waals surface area (Å²) in [4.78, 5) is 27.6. The molecule has 1 aliphatic rings. The lowest BCUT2D eigenvalue weighted by Gasteiger charge is -2.28. The van der Waals surface area contributed by atoms with Crippen LogP contribution in [0.3, 0.4) is 0 Å². The maximum atomic E-state index is 14.0. The topological polar surface area (TPSA) is 85.1 Å². The molecule has 178 valence electrons. The first kappa shape index (κ1) is 24.8. The van der Waals surface area contributed by atoms with Crippen molar-refractivity contribution in [1.29, 1.82) is 0 Å². The summed E-state index contributed by atoms with van der Waals surface area (Å²) in [6, 6.07) is 13.2. The van der Waals surface area contributed by atoms with Gasteiger partial charge in [-0.2, -0.15) is 0 Å². The number of methoxy groups -OCH3 is 2. The lowest BCUT2D eigenvalue weighted by molar-refractivity contribution is -0.385. The van der Waals surface area contributed by atoms with Crippen molar-refractivity contribution in [1.82, 2.24) is 9.80 Å². The smallest absolute Gasteiger partial charge is 0.273 e. The second-order valence-corrected chi connectivity index (χ2v) is 8.27. The molecule has 0 N–H and O–H groups in total. The zero-order valence-electron chi connectivity index (χ0n) is 19.0. The molecular formula is C24H30FN3O5. The van der Waals surface area contributed by atoms with Crippen LogP contribution in [0.5, 0.6) is 0 Å². The number of nitro groups is 1. The molecule has 0 bridgehead atoms. The van der Waals surface area contributed by atoms with E-state index in [0.29, 0.717) is 44.9 Å².